The molecule has 6 nitrogen and oxygen atoms in total. The molecule has 0 fully saturated rings. The zero-order chi connectivity index (χ0) is 48.2. The van der Waals surface area contributed by atoms with E-state index in [1.807, 2.05) is 0 Å². The molecule has 0 spiro atoms. The largest absolute Gasteiger partial charge is 0.462 e. The Morgan fingerprint density at radius 1 is 0.318 bits per heavy atom. The third-order valence-corrected chi connectivity index (χ3v) is 14.1. The number of ether oxygens (including phenoxy) is 3. The topological polar surface area (TPSA) is 78.9 Å². The van der Waals surface area contributed by atoms with E-state index < -0.39 is 6.10 Å². The molecule has 0 bridgehead atoms. The molecular formula is C60H116O6. The number of hydrogen-bond acceptors (Lipinski definition) is 6. The van der Waals surface area contributed by atoms with Gasteiger partial charge in [0.05, 0.1) is 0 Å². The van der Waals surface area contributed by atoms with Crippen LogP contribution in [0, 0.1) is 11.8 Å². The Kier molecular flexibility index (Phi) is 51.5. The number of esters is 3. The zero-order valence-electron chi connectivity index (χ0n) is 45.3. The first-order valence-corrected chi connectivity index (χ1v) is 29.8. The molecule has 66 heavy (non-hydrogen) atoms. The van der Waals surface area contributed by atoms with E-state index in [0.717, 1.165) is 69.6 Å². The fraction of sp³-hybridized carbons (Fsp3) is 0.950. The first-order chi connectivity index (χ1) is 32.3. The zero-order valence-corrected chi connectivity index (χ0v) is 45.3. The first-order valence-electron chi connectivity index (χ1n) is 29.8. The molecule has 392 valence electrons. The van der Waals surface area contributed by atoms with Gasteiger partial charge in [-0.15, -0.1) is 0 Å². The van der Waals surface area contributed by atoms with Gasteiger partial charge in [0.25, 0.3) is 0 Å². The van der Waals surface area contributed by atoms with Crippen molar-refractivity contribution in [2.24, 2.45) is 11.8 Å². The Bertz CT molecular complexity index is 1010. The highest BCUT2D eigenvalue weighted by Gasteiger charge is 2.19. The highest BCUT2D eigenvalue weighted by molar-refractivity contribution is 5.71. The van der Waals surface area contributed by atoms with Crippen molar-refractivity contribution in [3.63, 3.8) is 0 Å². The van der Waals surface area contributed by atoms with Crippen LogP contribution in [0.5, 0.6) is 0 Å². The van der Waals surface area contributed by atoms with Gasteiger partial charge in [-0.25, -0.2) is 0 Å². The van der Waals surface area contributed by atoms with Gasteiger partial charge in [0.15, 0.2) is 6.10 Å². The van der Waals surface area contributed by atoms with Crippen LogP contribution < -0.4 is 0 Å². The maximum atomic E-state index is 12.8. The van der Waals surface area contributed by atoms with Crippen LogP contribution in [0.25, 0.3) is 0 Å². The second kappa shape index (κ2) is 52.8. The van der Waals surface area contributed by atoms with Crippen LogP contribution in [0.15, 0.2) is 0 Å². The highest BCUT2D eigenvalue weighted by atomic mass is 16.6. The number of rotatable bonds is 54. The predicted molar refractivity (Wildman–Crippen MR) is 284 cm³/mol. The lowest BCUT2D eigenvalue weighted by Crippen LogP contribution is -2.30. The molecule has 0 aliphatic heterocycles. The van der Waals surface area contributed by atoms with Crippen molar-refractivity contribution in [2.75, 3.05) is 13.2 Å². The molecule has 0 saturated heterocycles. The lowest BCUT2D eigenvalue weighted by atomic mass is 9.99. The molecule has 0 aromatic rings. The van der Waals surface area contributed by atoms with Crippen molar-refractivity contribution < 1.29 is 28.6 Å². The fourth-order valence-corrected chi connectivity index (χ4v) is 9.20. The van der Waals surface area contributed by atoms with E-state index in [1.54, 1.807) is 0 Å². The third-order valence-electron chi connectivity index (χ3n) is 14.1. The summed E-state index contributed by atoms with van der Waals surface area (Å²) < 4.78 is 16.9. The minimum atomic E-state index is -0.762. The second-order valence-electron chi connectivity index (χ2n) is 21.4. The molecule has 2 atom stereocenters. The maximum absolute atomic E-state index is 12.8. The SMILES string of the molecule is CCCCCCCCCCCCCCCC(=O)OC[C@@H](COC(=O)CCCCCCCCCCCCCCCCCCCCC(C)CC)OC(=O)CCCCCCCCCCCCC(C)C. The molecule has 0 rings (SSSR count). The van der Waals surface area contributed by atoms with Gasteiger partial charge in [-0.2, -0.15) is 0 Å². The van der Waals surface area contributed by atoms with Crippen molar-refractivity contribution in [3.8, 4) is 0 Å². The van der Waals surface area contributed by atoms with E-state index in [2.05, 4.69) is 34.6 Å². The number of carbonyl (C=O) groups excluding carboxylic acids is 3. The van der Waals surface area contributed by atoms with Crippen LogP contribution in [-0.4, -0.2) is 37.2 Å². The summed E-state index contributed by atoms with van der Waals surface area (Å²) in [6.45, 7) is 11.4. The summed E-state index contributed by atoms with van der Waals surface area (Å²) in [4.78, 5) is 38.1. The van der Waals surface area contributed by atoms with Gasteiger partial charge >= 0.3 is 17.9 Å². The molecular weight excluding hydrogens is 817 g/mol. The molecule has 0 saturated carbocycles. The molecule has 0 radical (unpaired) electrons. The summed E-state index contributed by atoms with van der Waals surface area (Å²) in [6, 6.07) is 0. The number of hydrogen-bond donors (Lipinski definition) is 0. The van der Waals surface area contributed by atoms with E-state index in [-0.39, 0.29) is 31.1 Å². The average Bonchev–Trinajstić information content (AvgIpc) is 3.30. The summed E-state index contributed by atoms with van der Waals surface area (Å²) in [6.07, 6.45) is 56.7. The quantitative estimate of drug-likeness (QED) is 0.0343. The Morgan fingerprint density at radius 3 is 0.864 bits per heavy atom. The predicted octanol–water partition coefficient (Wildman–Crippen LogP) is 19.7. The molecule has 0 N–H and O–H groups in total. The van der Waals surface area contributed by atoms with E-state index in [0.29, 0.717) is 19.3 Å². The van der Waals surface area contributed by atoms with Gasteiger partial charge in [-0.3, -0.25) is 14.4 Å². The van der Waals surface area contributed by atoms with E-state index >= 15 is 0 Å². The van der Waals surface area contributed by atoms with Crippen LogP contribution >= 0.6 is 0 Å². The lowest BCUT2D eigenvalue weighted by molar-refractivity contribution is -0.167. The number of unbranched alkanes of at least 4 members (excludes halogenated alkanes) is 38. The van der Waals surface area contributed by atoms with Crippen molar-refractivity contribution >= 4 is 17.9 Å². The Hall–Kier alpha value is -1.59. The third kappa shape index (κ3) is 51.8. The second-order valence-corrected chi connectivity index (χ2v) is 21.4. The van der Waals surface area contributed by atoms with Gasteiger partial charge in [-0.05, 0) is 31.1 Å². The van der Waals surface area contributed by atoms with Crippen molar-refractivity contribution in [1.82, 2.24) is 0 Å². The maximum Gasteiger partial charge on any atom is 0.306 e. The molecule has 1 unspecified atom stereocenters. The summed E-state index contributed by atoms with van der Waals surface area (Å²) >= 11 is 0. The van der Waals surface area contributed by atoms with Crippen molar-refractivity contribution in [3.05, 3.63) is 0 Å². The summed E-state index contributed by atoms with van der Waals surface area (Å²) in [5.41, 5.74) is 0. The molecule has 0 heterocycles. The van der Waals surface area contributed by atoms with Gasteiger partial charge < -0.3 is 14.2 Å². The molecule has 0 aromatic heterocycles. The minimum absolute atomic E-state index is 0.0627. The smallest absolute Gasteiger partial charge is 0.306 e. The standard InChI is InChI=1S/C60H116O6/c1-6-8-9-10-11-12-13-20-24-30-35-40-45-50-58(61)64-53-57(66-60(63)52-47-42-37-32-27-26-28-33-38-43-48-55(3)4)54-65-59(62)51-46-41-36-31-25-22-19-17-15-14-16-18-21-23-29-34-39-44-49-56(5)7-2/h55-57H,6-54H2,1-5H3/t56?,57-/m0/s1. The van der Waals surface area contributed by atoms with Gasteiger partial charge in [0, 0.05) is 19.3 Å². The highest BCUT2D eigenvalue weighted by Crippen LogP contribution is 2.19. The van der Waals surface area contributed by atoms with E-state index in [9.17, 15) is 14.4 Å². The Morgan fingerprint density at radius 2 is 0.576 bits per heavy atom. The molecule has 0 amide bonds. The first kappa shape index (κ1) is 64.4. The fourth-order valence-electron chi connectivity index (χ4n) is 9.20. The molecule has 0 aromatic carbocycles. The van der Waals surface area contributed by atoms with Gasteiger partial charge in [-0.1, -0.05) is 298 Å². The van der Waals surface area contributed by atoms with Crippen molar-refractivity contribution in [1.29, 1.82) is 0 Å². The Labute approximate surface area is 412 Å². The van der Waals surface area contributed by atoms with Crippen LogP contribution in [-0.2, 0) is 28.6 Å². The van der Waals surface area contributed by atoms with E-state index in [4.69, 9.17) is 14.2 Å². The summed E-state index contributed by atoms with van der Waals surface area (Å²) in [5.74, 6) is 0.887. The summed E-state index contributed by atoms with van der Waals surface area (Å²) in [7, 11) is 0. The summed E-state index contributed by atoms with van der Waals surface area (Å²) in [5, 5.41) is 0. The Balaban J connectivity index is 4.22. The number of carbonyl (C=O) groups is 3. The molecule has 0 aliphatic carbocycles. The monoisotopic (exact) mass is 933 g/mol. The van der Waals surface area contributed by atoms with Gasteiger partial charge in [0.2, 0.25) is 0 Å². The van der Waals surface area contributed by atoms with Crippen LogP contribution in [0.1, 0.15) is 336 Å². The normalized spacial score (nSPS) is 12.5. The van der Waals surface area contributed by atoms with Crippen molar-refractivity contribution in [2.45, 2.75) is 343 Å². The van der Waals surface area contributed by atoms with Crippen LogP contribution in [0.4, 0.5) is 0 Å². The molecule has 6 heteroatoms. The van der Waals surface area contributed by atoms with E-state index in [1.165, 1.54) is 225 Å². The van der Waals surface area contributed by atoms with Gasteiger partial charge in [0.1, 0.15) is 13.2 Å². The minimum Gasteiger partial charge on any atom is -0.462 e. The lowest BCUT2D eigenvalue weighted by Gasteiger charge is -2.18. The van der Waals surface area contributed by atoms with Crippen LogP contribution in [0.2, 0.25) is 0 Å². The van der Waals surface area contributed by atoms with Crippen LogP contribution in [0.3, 0.4) is 0 Å². The average molecular weight is 934 g/mol. The molecule has 0 aliphatic rings.